The molecular weight excluding hydrogens is 270 g/mol. The van der Waals surface area contributed by atoms with Crippen LogP contribution >= 0.6 is 0 Å². The fourth-order valence-electron chi connectivity index (χ4n) is 1.69. The third-order valence-electron chi connectivity index (χ3n) is 2.54. The maximum absolute atomic E-state index is 11.1. The predicted octanol–water partition coefficient (Wildman–Crippen LogP) is 1.38. The molecule has 102 valence electrons. The minimum absolute atomic E-state index is 0.0464. The Kier molecular flexibility index (Phi) is 3.17. The number of nitro groups is 1. The molecule has 20 heavy (non-hydrogen) atoms. The molecule has 2 heterocycles. The van der Waals surface area contributed by atoms with Crippen LogP contribution in [-0.2, 0) is 0 Å². The number of carboxylic acids is 2. The minimum Gasteiger partial charge on any atom is -0.478 e. The smallest absolute Gasteiger partial charge is 0.352 e. The van der Waals surface area contributed by atoms with Crippen LogP contribution in [0.15, 0.2) is 24.5 Å². The SMILES string of the molecule is O=C(O)c1cc(C(=O)O)c(-c2ccncc2[N+](=O)[O-])[nH]1. The molecule has 2 aromatic rings. The fourth-order valence-corrected chi connectivity index (χ4v) is 1.69. The molecule has 0 atom stereocenters. The van der Waals surface area contributed by atoms with E-state index < -0.39 is 22.5 Å². The number of carbonyl (C=O) groups is 2. The third-order valence-corrected chi connectivity index (χ3v) is 2.54. The third kappa shape index (κ3) is 2.19. The molecule has 0 aliphatic heterocycles. The number of aromatic nitrogens is 2. The molecule has 2 aromatic heterocycles. The highest BCUT2D eigenvalue weighted by Crippen LogP contribution is 2.31. The predicted molar refractivity (Wildman–Crippen MR) is 64.6 cm³/mol. The van der Waals surface area contributed by atoms with Crippen molar-refractivity contribution in [3.05, 3.63) is 45.9 Å². The van der Waals surface area contributed by atoms with Gasteiger partial charge in [-0.2, -0.15) is 0 Å². The molecule has 0 aliphatic rings. The van der Waals surface area contributed by atoms with E-state index in [1.807, 2.05) is 0 Å². The van der Waals surface area contributed by atoms with Crippen molar-refractivity contribution in [1.29, 1.82) is 0 Å². The summed E-state index contributed by atoms with van der Waals surface area (Å²) in [5.74, 6) is -2.76. The fraction of sp³-hybridized carbons (Fsp3) is 0. The molecule has 3 N–H and O–H groups in total. The number of pyridine rings is 1. The first-order chi connectivity index (χ1) is 9.41. The summed E-state index contributed by atoms with van der Waals surface area (Å²) in [6.45, 7) is 0. The summed E-state index contributed by atoms with van der Waals surface area (Å²) in [6.07, 6.45) is 2.21. The first kappa shape index (κ1) is 13.2. The maximum atomic E-state index is 11.1. The number of nitrogens with zero attached hydrogens (tertiary/aromatic N) is 2. The Bertz CT molecular complexity index is 721. The zero-order valence-electron chi connectivity index (χ0n) is 9.73. The standard InChI is InChI=1S/C11H7N3O6/c15-10(16)6-3-7(11(17)18)13-9(6)5-1-2-12-4-8(5)14(19)20/h1-4,13H,(H,15,16)(H,17,18). The van der Waals surface area contributed by atoms with Crippen LogP contribution in [0.3, 0.4) is 0 Å². The summed E-state index contributed by atoms with van der Waals surface area (Å²) in [7, 11) is 0. The summed E-state index contributed by atoms with van der Waals surface area (Å²) in [5, 5.41) is 28.8. The number of rotatable bonds is 4. The summed E-state index contributed by atoms with van der Waals surface area (Å²) in [4.78, 5) is 38.1. The van der Waals surface area contributed by atoms with E-state index in [1.54, 1.807) is 0 Å². The average Bonchev–Trinajstić information content (AvgIpc) is 2.83. The van der Waals surface area contributed by atoms with E-state index in [0.29, 0.717) is 0 Å². The van der Waals surface area contributed by atoms with Crippen LogP contribution in [0.25, 0.3) is 11.3 Å². The molecular formula is C11H7N3O6. The Labute approximate surface area is 110 Å². The van der Waals surface area contributed by atoms with Crippen LogP contribution < -0.4 is 0 Å². The molecule has 0 bridgehead atoms. The van der Waals surface area contributed by atoms with E-state index in [4.69, 9.17) is 10.2 Å². The van der Waals surface area contributed by atoms with E-state index >= 15 is 0 Å². The number of carboxylic acid groups (broad SMARTS) is 2. The van der Waals surface area contributed by atoms with Gasteiger partial charge in [0.2, 0.25) is 0 Å². The topological polar surface area (TPSA) is 146 Å². The average molecular weight is 277 g/mol. The van der Waals surface area contributed by atoms with Gasteiger partial charge in [0.05, 0.1) is 21.7 Å². The Morgan fingerprint density at radius 2 is 2.00 bits per heavy atom. The van der Waals surface area contributed by atoms with Crippen molar-refractivity contribution in [1.82, 2.24) is 9.97 Å². The lowest BCUT2D eigenvalue weighted by Crippen LogP contribution is -1.99. The first-order valence-electron chi connectivity index (χ1n) is 5.20. The van der Waals surface area contributed by atoms with Gasteiger partial charge in [0.15, 0.2) is 0 Å². The molecule has 9 heteroatoms. The zero-order valence-corrected chi connectivity index (χ0v) is 9.73. The molecule has 0 radical (unpaired) electrons. The summed E-state index contributed by atoms with van der Waals surface area (Å²) in [5.41, 5.74) is -1.35. The Morgan fingerprint density at radius 1 is 1.30 bits per heavy atom. The summed E-state index contributed by atoms with van der Waals surface area (Å²) >= 11 is 0. The number of hydrogen-bond acceptors (Lipinski definition) is 5. The monoisotopic (exact) mass is 277 g/mol. The molecule has 0 spiro atoms. The highest BCUT2D eigenvalue weighted by molar-refractivity contribution is 6.00. The van der Waals surface area contributed by atoms with Crippen molar-refractivity contribution in [2.45, 2.75) is 0 Å². The van der Waals surface area contributed by atoms with Gasteiger partial charge in [-0.15, -0.1) is 0 Å². The highest BCUT2D eigenvalue weighted by Gasteiger charge is 2.24. The Balaban J connectivity index is 2.72. The molecule has 0 aliphatic carbocycles. The second-order valence-corrected chi connectivity index (χ2v) is 3.73. The molecule has 0 saturated carbocycles. The van der Waals surface area contributed by atoms with Crippen molar-refractivity contribution in [3.63, 3.8) is 0 Å². The maximum Gasteiger partial charge on any atom is 0.352 e. The van der Waals surface area contributed by atoms with Gasteiger partial charge in [0, 0.05) is 6.20 Å². The number of aromatic carboxylic acids is 2. The summed E-state index contributed by atoms with van der Waals surface area (Å²) < 4.78 is 0. The Morgan fingerprint density at radius 3 is 2.55 bits per heavy atom. The molecule has 0 fully saturated rings. The van der Waals surface area contributed by atoms with Crippen molar-refractivity contribution in [3.8, 4) is 11.3 Å². The number of H-pyrrole nitrogens is 1. The highest BCUT2D eigenvalue weighted by atomic mass is 16.6. The van der Waals surface area contributed by atoms with Gasteiger partial charge in [-0.3, -0.25) is 15.1 Å². The lowest BCUT2D eigenvalue weighted by molar-refractivity contribution is -0.384. The zero-order chi connectivity index (χ0) is 14.9. The number of aromatic amines is 1. The van der Waals surface area contributed by atoms with Crippen LogP contribution in [-0.4, -0.2) is 37.0 Å². The Hall–Kier alpha value is -3.23. The number of nitrogens with one attached hydrogen (secondary N) is 1. The van der Waals surface area contributed by atoms with Gasteiger partial charge in [-0.1, -0.05) is 0 Å². The molecule has 0 aromatic carbocycles. The van der Waals surface area contributed by atoms with Crippen molar-refractivity contribution in [2.24, 2.45) is 0 Å². The van der Waals surface area contributed by atoms with Crippen LogP contribution in [0.4, 0.5) is 5.69 Å². The van der Waals surface area contributed by atoms with Gasteiger partial charge < -0.3 is 15.2 Å². The lowest BCUT2D eigenvalue weighted by Gasteiger charge is -2.01. The number of hydrogen-bond donors (Lipinski definition) is 3. The second kappa shape index (κ2) is 4.80. The van der Waals surface area contributed by atoms with Crippen molar-refractivity contribution < 1.29 is 24.7 Å². The van der Waals surface area contributed by atoms with Crippen LogP contribution in [0.2, 0.25) is 0 Å². The van der Waals surface area contributed by atoms with Gasteiger partial charge in [-0.25, -0.2) is 9.59 Å². The van der Waals surface area contributed by atoms with E-state index in [0.717, 1.165) is 12.3 Å². The van der Waals surface area contributed by atoms with Crippen LogP contribution in [0, 0.1) is 10.1 Å². The lowest BCUT2D eigenvalue weighted by atomic mass is 10.1. The van der Waals surface area contributed by atoms with Gasteiger partial charge >= 0.3 is 11.9 Å². The second-order valence-electron chi connectivity index (χ2n) is 3.73. The van der Waals surface area contributed by atoms with E-state index in [9.17, 15) is 19.7 Å². The minimum atomic E-state index is -1.39. The molecule has 9 nitrogen and oxygen atoms in total. The molecule has 2 rings (SSSR count). The van der Waals surface area contributed by atoms with E-state index in [2.05, 4.69) is 9.97 Å². The normalized spacial score (nSPS) is 10.2. The van der Waals surface area contributed by atoms with Crippen molar-refractivity contribution >= 4 is 17.6 Å². The van der Waals surface area contributed by atoms with E-state index in [-0.39, 0.29) is 22.5 Å². The van der Waals surface area contributed by atoms with Crippen LogP contribution in [0.5, 0.6) is 0 Å². The molecule has 0 saturated heterocycles. The largest absolute Gasteiger partial charge is 0.478 e. The van der Waals surface area contributed by atoms with Gasteiger partial charge in [0.25, 0.3) is 5.69 Å². The van der Waals surface area contributed by atoms with Gasteiger partial charge in [0.1, 0.15) is 11.9 Å². The first-order valence-corrected chi connectivity index (χ1v) is 5.20. The quantitative estimate of drug-likeness (QED) is 0.564. The summed E-state index contributed by atoms with van der Waals surface area (Å²) in [6, 6.07) is 2.15. The molecule has 0 unspecified atom stereocenters. The molecule has 0 amide bonds. The van der Waals surface area contributed by atoms with Crippen molar-refractivity contribution in [2.75, 3.05) is 0 Å². The van der Waals surface area contributed by atoms with Crippen LogP contribution in [0.1, 0.15) is 20.8 Å². The van der Waals surface area contributed by atoms with Gasteiger partial charge in [-0.05, 0) is 12.1 Å². The van der Waals surface area contributed by atoms with E-state index in [1.165, 1.54) is 12.3 Å².